The number of hydrogen-bond donors (Lipinski definition) is 1. The van der Waals surface area contributed by atoms with Crippen LogP contribution in [0.2, 0.25) is 5.02 Å². The molecular formula is C23H23ClN2O. The second-order valence-corrected chi connectivity index (χ2v) is 8.08. The maximum atomic E-state index is 13.3. The van der Waals surface area contributed by atoms with Gasteiger partial charge < -0.3 is 9.88 Å². The number of carbonyl (C=O) groups excluding carboxylic acids is 1. The van der Waals surface area contributed by atoms with Crippen molar-refractivity contribution in [2.75, 3.05) is 0 Å². The molecule has 1 unspecified atom stereocenters. The fourth-order valence-electron chi connectivity index (χ4n) is 4.41. The molecule has 0 saturated carbocycles. The normalized spacial score (nSPS) is 18.4. The van der Waals surface area contributed by atoms with Crippen molar-refractivity contribution < 1.29 is 4.79 Å². The Morgan fingerprint density at radius 2 is 1.85 bits per heavy atom. The first-order valence-corrected chi connectivity index (χ1v) is 9.69. The maximum Gasteiger partial charge on any atom is 0.258 e. The van der Waals surface area contributed by atoms with Gasteiger partial charge in [0.1, 0.15) is 0 Å². The second-order valence-electron chi connectivity index (χ2n) is 7.64. The van der Waals surface area contributed by atoms with Crippen molar-refractivity contribution in [3.05, 3.63) is 76.6 Å². The van der Waals surface area contributed by atoms with E-state index in [2.05, 4.69) is 44.0 Å². The Morgan fingerprint density at radius 3 is 2.56 bits per heavy atom. The highest BCUT2D eigenvalue weighted by Gasteiger charge is 2.40. The Kier molecular flexibility index (Phi) is 4.35. The van der Waals surface area contributed by atoms with E-state index in [9.17, 15) is 4.79 Å². The Balaban J connectivity index is 1.84. The van der Waals surface area contributed by atoms with E-state index in [0.717, 1.165) is 17.6 Å². The molecule has 0 fully saturated rings. The standard InChI is InChI=1S/C23H23ClN2O/c1-4-20-23(2,3)21-17-7-5-6-8-18(17)25-19(21)13-14-26(20)22(27)15-9-11-16(24)12-10-15/h5-14,20,25H,4H2,1-3H3. The van der Waals surface area contributed by atoms with Gasteiger partial charge in [0, 0.05) is 44.8 Å². The predicted molar refractivity (Wildman–Crippen MR) is 112 cm³/mol. The van der Waals surface area contributed by atoms with Crippen molar-refractivity contribution in [2.24, 2.45) is 0 Å². The molecule has 4 rings (SSSR count). The van der Waals surface area contributed by atoms with Gasteiger partial charge in [-0.05, 0) is 48.4 Å². The van der Waals surface area contributed by atoms with E-state index in [1.54, 1.807) is 24.3 Å². The van der Waals surface area contributed by atoms with Crippen LogP contribution < -0.4 is 0 Å². The van der Waals surface area contributed by atoms with Crippen LogP contribution in [0.3, 0.4) is 0 Å². The van der Waals surface area contributed by atoms with Crippen LogP contribution in [0, 0.1) is 0 Å². The molecule has 1 aliphatic rings. The van der Waals surface area contributed by atoms with Crippen molar-refractivity contribution in [3.8, 4) is 0 Å². The molecule has 138 valence electrons. The van der Waals surface area contributed by atoms with E-state index < -0.39 is 0 Å². The Labute approximate surface area is 164 Å². The molecule has 27 heavy (non-hydrogen) atoms. The molecule has 0 aliphatic carbocycles. The van der Waals surface area contributed by atoms with E-state index >= 15 is 0 Å². The highest BCUT2D eigenvalue weighted by atomic mass is 35.5. The summed E-state index contributed by atoms with van der Waals surface area (Å²) in [5.74, 6) is -0.00250. The largest absolute Gasteiger partial charge is 0.355 e. The third kappa shape index (κ3) is 2.87. The van der Waals surface area contributed by atoms with Crippen molar-refractivity contribution in [1.82, 2.24) is 9.88 Å². The molecule has 3 nitrogen and oxygen atoms in total. The minimum absolute atomic E-state index is 0.00250. The number of aromatic amines is 1. The number of rotatable bonds is 2. The number of nitrogens with one attached hydrogen (secondary N) is 1. The van der Waals surface area contributed by atoms with Gasteiger partial charge in [0.05, 0.1) is 0 Å². The zero-order chi connectivity index (χ0) is 19.2. The molecule has 0 saturated heterocycles. The summed E-state index contributed by atoms with van der Waals surface area (Å²) in [4.78, 5) is 18.7. The summed E-state index contributed by atoms with van der Waals surface area (Å²) in [6.07, 6.45) is 4.81. The van der Waals surface area contributed by atoms with Crippen molar-refractivity contribution in [1.29, 1.82) is 0 Å². The summed E-state index contributed by atoms with van der Waals surface area (Å²) in [6.45, 7) is 6.60. The smallest absolute Gasteiger partial charge is 0.258 e. The lowest BCUT2D eigenvalue weighted by atomic mass is 9.75. The number of halogens is 1. The summed E-state index contributed by atoms with van der Waals surface area (Å²) in [5, 5.41) is 1.85. The van der Waals surface area contributed by atoms with Gasteiger partial charge in [0.15, 0.2) is 0 Å². The Bertz CT molecular complexity index is 1030. The van der Waals surface area contributed by atoms with E-state index in [0.29, 0.717) is 10.6 Å². The van der Waals surface area contributed by atoms with Crippen LogP contribution in [0.15, 0.2) is 54.7 Å². The zero-order valence-corrected chi connectivity index (χ0v) is 16.5. The zero-order valence-electron chi connectivity index (χ0n) is 15.8. The topological polar surface area (TPSA) is 36.1 Å². The molecule has 0 radical (unpaired) electrons. The molecule has 1 aliphatic heterocycles. The molecule has 0 bridgehead atoms. The van der Waals surface area contributed by atoms with Crippen LogP contribution in [0.25, 0.3) is 17.0 Å². The summed E-state index contributed by atoms with van der Waals surface area (Å²) in [7, 11) is 0. The van der Waals surface area contributed by atoms with Gasteiger partial charge >= 0.3 is 0 Å². The number of para-hydroxylation sites is 1. The lowest BCUT2D eigenvalue weighted by Crippen LogP contribution is -2.47. The molecule has 1 atom stereocenters. The van der Waals surface area contributed by atoms with Gasteiger partial charge in [-0.25, -0.2) is 0 Å². The first-order chi connectivity index (χ1) is 12.9. The fourth-order valence-corrected chi connectivity index (χ4v) is 4.54. The summed E-state index contributed by atoms with van der Waals surface area (Å²) in [5.41, 5.74) is 3.91. The molecule has 1 aromatic heterocycles. The van der Waals surface area contributed by atoms with Crippen molar-refractivity contribution in [3.63, 3.8) is 0 Å². The van der Waals surface area contributed by atoms with Crippen LogP contribution >= 0.6 is 11.6 Å². The van der Waals surface area contributed by atoms with E-state index in [1.807, 2.05) is 23.2 Å². The van der Waals surface area contributed by atoms with Crippen LogP contribution in [0.4, 0.5) is 0 Å². The first kappa shape index (κ1) is 17.9. The molecule has 1 amide bonds. The van der Waals surface area contributed by atoms with Gasteiger partial charge in [-0.2, -0.15) is 0 Å². The van der Waals surface area contributed by atoms with E-state index in [-0.39, 0.29) is 17.4 Å². The van der Waals surface area contributed by atoms with Gasteiger partial charge in [-0.3, -0.25) is 4.79 Å². The highest BCUT2D eigenvalue weighted by Crippen LogP contribution is 2.42. The number of benzene rings is 2. The van der Waals surface area contributed by atoms with Gasteiger partial charge in [0.2, 0.25) is 0 Å². The summed E-state index contributed by atoms with van der Waals surface area (Å²) < 4.78 is 0. The number of amides is 1. The van der Waals surface area contributed by atoms with Crippen molar-refractivity contribution in [2.45, 2.75) is 38.6 Å². The van der Waals surface area contributed by atoms with Gasteiger partial charge in [-0.1, -0.05) is 50.6 Å². The Morgan fingerprint density at radius 1 is 1.15 bits per heavy atom. The lowest BCUT2D eigenvalue weighted by molar-refractivity contribution is 0.0707. The molecule has 4 heteroatoms. The fraction of sp³-hybridized carbons (Fsp3) is 0.261. The third-order valence-corrected chi connectivity index (χ3v) is 5.91. The predicted octanol–water partition coefficient (Wildman–Crippen LogP) is 6.00. The van der Waals surface area contributed by atoms with Gasteiger partial charge in [-0.15, -0.1) is 0 Å². The van der Waals surface area contributed by atoms with E-state index in [4.69, 9.17) is 11.6 Å². The number of H-pyrrole nitrogens is 1. The number of nitrogens with zero attached hydrogens (tertiary/aromatic N) is 1. The minimum Gasteiger partial charge on any atom is -0.355 e. The summed E-state index contributed by atoms with van der Waals surface area (Å²) >= 11 is 5.99. The monoisotopic (exact) mass is 378 g/mol. The van der Waals surface area contributed by atoms with Crippen molar-refractivity contribution >= 4 is 34.5 Å². The molecule has 2 heterocycles. The second kappa shape index (κ2) is 6.58. The molecule has 2 aromatic carbocycles. The maximum absolute atomic E-state index is 13.3. The van der Waals surface area contributed by atoms with Gasteiger partial charge in [0.25, 0.3) is 5.91 Å². The molecule has 0 spiro atoms. The Hall–Kier alpha value is -2.52. The molecular weight excluding hydrogens is 356 g/mol. The first-order valence-electron chi connectivity index (χ1n) is 9.31. The molecule has 3 aromatic rings. The van der Waals surface area contributed by atoms with Crippen LogP contribution in [0.1, 0.15) is 48.8 Å². The van der Waals surface area contributed by atoms with Crippen LogP contribution in [-0.4, -0.2) is 21.8 Å². The third-order valence-electron chi connectivity index (χ3n) is 5.66. The quantitative estimate of drug-likeness (QED) is 0.582. The number of hydrogen-bond acceptors (Lipinski definition) is 1. The number of aromatic nitrogens is 1. The van der Waals surface area contributed by atoms with E-state index in [1.165, 1.54) is 10.9 Å². The average molecular weight is 379 g/mol. The van der Waals surface area contributed by atoms with Crippen LogP contribution in [0.5, 0.6) is 0 Å². The summed E-state index contributed by atoms with van der Waals surface area (Å²) in [6, 6.07) is 15.5. The molecule has 1 N–H and O–H groups in total. The lowest BCUT2D eigenvalue weighted by Gasteiger charge is -2.39. The highest BCUT2D eigenvalue weighted by molar-refractivity contribution is 6.30. The minimum atomic E-state index is -0.213. The number of fused-ring (bicyclic) bond motifs is 3. The van der Waals surface area contributed by atoms with Crippen LogP contribution in [-0.2, 0) is 5.41 Å². The SMILES string of the molecule is CCC1N(C(=O)c2ccc(Cl)cc2)C=Cc2[nH]c3ccccc3c2C1(C)C. The average Bonchev–Trinajstić information content (AvgIpc) is 2.99. The number of carbonyl (C=O) groups is 1.